The third-order valence-electron chi connectivity index (χ3n) is 2.16. The third-order valence-corrected chi connectivity index (χ3v) is 2.16. The van der Waals surface area contributed by atoms with E-state index in [2.05, 4.69) is 29.1 Å². The van der Waals surface area contributed by atoms with Crippen LogP contribution >= 0.6 is 0 Å². The van der Waals surface area contributed by atoms with Gasteiger partial charge < -0.3 is 5.32 Å². The normalized spacial score (nSPS) is 9.61. The molecule has 96 valence electrons. The van der Waals surface area contributed by atoms with E-state index >= 15 is 0 Å². The van der Waals surface area contributed by atoms with Gasteiger partial charge in [0.15, 0.2) is 0 Å². The summed E-state index contributed by atoms with van der Waals surface area (Å²) in [4.78, 5) is 8.58. The first-order valence-corrected chi connectivity index (χ1v) is 6.40. The second kappa shape index (κ2) is 7.43. The predicted octanol–water partition coefficient (Wildman–Crippen LogP) is 3.99. The van der Waals surface area contributed by atoms with E-state index in [4.69, 9.17) is 0 Å². The van der Waals surface area contributed by atoms with Crippen LogP contribution in [0.3, 0.4) is 0 Å². The molecule has 0 aliphatic rings. The maximum atomic E-state index is 4.31. The molecule has 2 aromatic heterocycles. The molecule has 2 rings (SSSR count). The number of rotatable bonds is 3. The summed E-state index contributed by atoms with van der Waals surface area (Å²) < 4.78 is 0. The number of nitrogens with zero attached hydrogens (tertiary/aromatic N) is 2. The van der Waals surface area contributed by atoms with Crippen molar-refractivity contribution < 1.29 is 0 Å². The van der Waals surface area contributed by atoms with Crippen LogP contribution in [0.25, 0.3) is 11.3 Å². The Balaban J connectivity index is 0.000000771. The lowest BCUT2D eigenvalue weighted by molar-refractivity contribution is 0.889. The summed E-state index contributed by atoms with van der Waals surface area (Å²) >= 11 is 0. The molecule has 0 aliphatic carbocycles. The van der Waals surface area contributed by atoms with Crippen LogP contribution in [0.15, 0.2) is 42.7 Å². The minimum Gasteiger partial charge on any atom is -0.368 e. The van der Waals surface area contributed by atoms with Crippen molar-refractivity contribution in [2.24, 2.45) is 0 Å². The average Bonchev–Trinajstić information content (AvgIpc) is 2.42. The van der Waals surface area contributed by atoms with Crippen LogP contribution < -0.4 is 5.32 Å². The van der Waals surface area contributed by atoms with Gasteiger partial charge in [-0.15, -0.1) is 0 Å². The Bertz CT molecular complexity index is 452. The molecule has 0 spiro atoms. The van der Waals surface area contributed by atoms with Crippen molar-refractivity contribution in [1.82, 2.24) is 9.97 Å². The lowest BCUT2D eigenvalue weighted by atomic mass is 10.2. The third kappa shape index (κ3) is 4.17. The zero-order chi connectivity index (χ0) is 13.4. The lowest BCUT2D eigenvalue weighted by Gasteiger charge is -2.09. The minimum atomic E-state index is 0.381. The van der Waals surface area contributed by atoms with Gasteiger partial charge in [0.25, 0.3) is 0 Å². The maximum Gasteiger partial charge on any atom is 0.126 e. The molecular weight excluding hydrogens is 222 g/mol. The van der Waals surface area contributed by atoms with Crippen molar-refractivity contribution in [3.63, 3.8) is 0 Å². The van der Waals surface area contributed by atoms with Crippen LogP contribution in [0.1, 0.15) is 27.7 Å². The van der Waals surface area contributed by atoms with Crippen molar-refractivity contribution in [3.8, 4) is 11.3 Å². The molecule has 0 atom stereocenters. The first-order chi connectivity index (χ1) is 8.75. The molecule has 3 nitrogen and oxygen atoms in total. The van der Waals surface area contributed by atoms with E-state index in [0.29, 0.717) is 6.04 Å². The second-order valence-electron chi connectivity index (χ2n) is 3.94. The zero-order valence-corrected chi connectivity index (χ0v) is 11.5. The summed E-state index contributed by atoms with van der Waals surface area (Å²) in [5.41, 5.74) is 2.05. The van der Waals surface area contributed by atoms with Gasteiger partial charge in [-0.3, -0.25) is 4.98 Å². The first kappa shape index (κ1) is 14.2. The molecule has 0 saturated carbocycles. The monoisotopic (exact) mass is 243 g/mol. The molecule has 0 fully saturated rings. The van der Waals surface area contributed by atoms with Gasteiger partial charge >= 0.3 is 0 Å². The summed E-state index contributed by atoms with van der Waals surface area (Å²) in [7, 11) is 0. The van der Waals surface area contributed by atoms with Crippen molar-refractivity contribution in [3.05, 3.63) is 42.7 Å². The lowest BCUT2D eigenvalue weighted by Crippen LogP contribution is -2.10. The van der Waals surface area contributed by atoms with Crippen molar-refractivity contribution in [2.45, 2.75) is 33.7 Å². The molecule has 1 N–H and O–H groups in total. The highest BCUT2D eigenvalue weighted by Gasteiger charge is 2.01. The minimum absolute atomic E-state index is 0.381. The molecule has 0 aromatic carbocycles. The van der Waals surface area contributed by atoms with Crippen LogP contribution in [0, 0.1) is 0 Å². The van der Waals surface area contributed by atoms with Crippen molar-refractivity contribution in [2.75, 3.05) is 5.32 Å². The largest absolute Gasteiger partial charge is 0.368 e. The van der Waals surface area contributed by atoms with Crippen LogP contribution in [-0.4, -0.2) is 16.0 Å². The SMILES string of the molecule is CC.CC(C)Nc1cc(-c2ccccn2)ccn1. The van der Waals surface area contributed by atoms with Gasteiger partial charge in [-0.05, 0) is 38.1 Å². The van der Waals surface area contributed by atoms with Crippen molar-refractivity contribution >= 4 is 5.82 Å². The van der Waals surface area contributed by atoms with Crippen LogP contribution in [0.4, 0.5) is 5.82 Å². The van der Waals surface area contributed by atoms with Crippen molar-refractivity contribution in [1.29, 1.82) is 0 Å². The van der Waals surface area contributed by atoms with Crippen LogP contribution in [0.5, 0.6) is 0 Å². The van der Waals surface area contributed by atoms with E-state index in [0.717, 1.165) is 17.1 Å². The van der Waals surface area contributed by atoms with Gasteiger partial charge in [-0.1, -0.05) is 19.9 Å². The van der Waals surface area contributed by atoms with Crippen LogP contribution in [-0.2, 0) is 0 Å². The van der Waals surface area contributed by atoms with E-state index in [1.54, 1.807) is 12.4 Å². The van der Waals surface area contributed by atoms with Gasteiger partial charge in [0.1, 0.15) is 5.82 Å². The molecule has 0 unspecified atom stereocenters. The molecular formula is C15H21N3. The summed E-state index contributed by atoms with van der Waals surface area (Å²) in [6, 6.07) is 10.3. The number of hydrogen-bond donors (Lipinski definition) is 1. The van der Waals surface area contributed by atoms with Gasteiger partial charge in [0.05, 0.1) is 5.69 Å². The first-order valence-electron chi connectivity index (χ1n) is 6.40. The highest BCUT2D eigenvalue weighted by molar-refractivity contribution is 5.62. The maximum absolute atomic E-state index is 4.31. The van der Waals surface area contributed by atoms with Gasteiger partial charge in [0, 0.05) is 24.0 Å². The predicted molar refractivity (Wildman–Crippen MR) is 77.6 cm³/mol. The second-order valence-corrected chi connectivity index (χ2v) is 3.94. The fourth-order valence-corrected chi connectivity index (χ4v) is 1.50. The highest BCUT2D eigenvalue weighted by atomic mass is 15.0. The van der Waals surface area contributed by atoms with Gasteiger partial charge in [-0.2, -0.15) is 0 Å². The molecule has 0 saturated heterocycles. The molecule has 18 heavy (non-hydrogen) atoms. The Kier molecular flexibility index (Phi) is 5.85. The Morgan fingerprint density at radius 3 is 2.39 bits per heavy atom. The van der Waals surface area contributed by atoms with Crippen LogP contribution in [0.2, 0.25) is 0 Å². The molecule has 0 radical (unpaired) electrons. The molecule has 0 bridgehead atoms. The zero-order valence-electron chi connectivity index (χ0n) is 11.5. The molecule has 3 heteroatoms. The van der Waals surface area contributed by atoms with Gasteiger partial charge in [0.2, 0.25) is 0 Å². The topological polar surface area (TPSA) is 37.8 Å². The fraction of sp³-hybridized carbons (Fsp3) is 0.333. The Hall–Kier alpha value is -1.90. The number of hydrogen-bond acceptors (Lipinski definition) is 3. The number of aromatic nitrogens is 2. The highest BCUT2D eigenvalue weighted by Crippen LogP contribution is 2.18. The summed E-state index contributed by atoms with van der Waals surface area (Å²) in [6.45, 7) is 8.18. The number of pyridine rings is 2. The number of anilines is 1. The summed E-state index contributed by atoms with van der Waals surface area (Å²) in [6.07, 6.45) is 3.60. The molecule has 2 aromatic rings. The Labute approximate surface area is 109 Å². The molecule has 2 heterocycles. The van der Waals surface area contributed by atoms with E-state index in [-0.39, 0.29) is 0 Å². The average molecular weight is 243 g/mol. The fourth-order valence-electron chi connectivity index (χ4n) is 1.50. The molecule has 0 amide bonds. The summed E-state index contributed by atoms with van der Waals surface area (Å²) in [5, 5.41) is 3.28. The van der Waals surface area contributed by atoms with E-state index < -0.39 is 0 Å². The van der Waals surface area contributed by atoms with E-state index in [1.165, 1.54) is 0 Å². The van der Waals surface area contributed by atoms with E-state index in [1.807, 2.05) is 44.2 Å². The quantitative estimate of drug-likeness (QED) is 0.885. The number of nitrogens with one attached hydrogen (secondary N) is 1. The van der Waals surface area contributed by atoms with Gasteiger partial charge in [-0.25, -0.2) is 4.98 Å². The smallest absolute Gasteiger partial charge is 0.126 e. The standard InChI is InChI=1S/C13H15N3.C2H6/c1-10(2)16-13-9-11(6-8-15-13)12-5-3-4-7-14-12;1-2/h3-10H,1-2H3,(H,15,16);1-2H3. The summed E-state index contributed by atoms with van der Waals surface area (Å²) in [5.74, 6) is 0.887. The molecule has 0 aliphatic heterocycles. The van der Waals surface area contributed by atoms with E-state index in [9.17, 15) is 0 Å². The Morgan fingerprint density at radius 2 is 1.78 bits per heavy atom. The Morgan fingerprint density at radius 1 is 1.00 bits per heavy atom.